The van der Waals surface area contributed by atoms with Gasteiger partial charge in [-0.2, -0.15) is 0 Å². The summed E-state index contributed by atoms with van der Waals surface area (Å²) in [5.41, 5.74) is 6.86. The van der Waals surface area contributed by atoms with Crippen molar-refractivity contribution in [3.05, 3.63) is 18.2 Å². The maximum Gasteiger partial charge on any atom is 0.224 e. The van der Waals surface area contributed by atoms with E-state index in [2.05, 4.69) is 5.32 Å². The molecule has 0 aromatic heterocycles. The Morgan fingerprint density at radius 1 is 1.24 bits per heavy atom. The second kappa shape index (κ2) is 10.0. The fraction of sp³-hybridized carbons (Fsp3) is 0.533. The molecule has 0 aliphatic carbocycles. The van der Waals surface area contributed by atoms with Gasteiger partial charge in [-0.15, -0.1) is 0 Å². The number of carbonyl (C=O) groups excluding carboxylic acids is 1. The van der Waals surface area contributed by atoms with E-state index in [1.165, 1.54) is 0 Å². The number of nitrogens with two attached hydrogens (primary N) is 1. The average molecular weight is 296 g/mol. The first-order chi connectivity index (χ1) is 10.2. The van der Waals surface area contributed by atoms with Crippen LogP contribution in [-0.2, 0) is 14.3 Å². The monoisotopic (exact) mass is 296 g/mol. The lowest BCUT2D eigenvalue weighted by Crippen LogP contribution is -2.13. The number of hydrogen-bond acceptors (Lipinski definition) is 5. The number of carbonyl (C=O) groups is 1. The molecule has 0 aliphatic heterocycles. The highest BCUT2D eigenvalue weighted by atomic mass is 16.5. The lowest BCUT2D eigenvalue weighted by atomic mass is 10.2. The van der Waals surface area contributed by atoms with Crippen LogP contribution >= 0.6 is 0 Å². The topological polar surface area (TPSA) is 82.8 Å². The lowest BCUT2D eigenvalue weighted by molar-refractivity contribution is -0.116. The van der Waals surface area contributed by atoms with Crippen LogP contribution in [0, 0.1) is 0 Å². The van der Waals surface area contributed by atoms with Gasteiger partial charge in [-0.05, 0) is 31.5 Å². The molecule has 6 heteroatoms. The van der Waals surface area contributed by atoms with Crippen LogP contribution in [0.25, 0.3) is 0 Å². The van der Waals surface area contributed by atoms with Gasteiger partial charge >= 0.3 is 0 Å². The molecule has 1 rings (SSSR count). The zero-order valence-electron chi connectivity index (χ0n) is 12.7. The number of rotatable bonds is 10. The number of benzene rings is 1. The van der Waals surface area contributed by atoms with Crippen LogP contribution < -0.4 is 15.8 Å². The predicted octanol–water partition coefficient (Wildman–Crippen LogP) is 2.05. The highest BCUT2D eigenvalue weighted by Gasteiger charge is 2.07. The molecule has 0 unspecified atom stereocenters. The van der Waals surface area contributed by atoms with Gasteiger partial charge in [0.2, 0.25) is 5.91 Å². The minimum absolute atomic E-state index is 0.0905. The van der Waals surface area contributed by atoms with Crippen LogP contribution in [0.4, 0.5) is 11.4 Å². The number of nitrogen functional groups attached to an aromatic ring is 1. The third-order valence-electron chi connectivity index (χ3n) is 2.77. The van der Waals surface area contributed by atoms with Gasteiger partial charge in [-0.3, -0.25) is 4.79 Å². The van der Waals surface area contributed by atoms with Gasteiger partial charge in [0.15, 0.2) is 0 Å². The van der Waals surface area contributed by atoms with Gasteiger partial charge in [-0.1, -0.05) is 0 Å². The molecule has 1 amide bonds. The van der Waals surface area contributed by atoms with E-state index in [9.17, 15) is 4.79 Å². The van der Waals surface area contributed by atoms with Gasteiger partial charge < -0.3 is 25.3 Å². The predicted molar refractivity (Wildman–Crippen MR) is 82.6 cm³/mol. The third-order valence-corrected chi connectivity index (χ3v) is 2.77. The molecule has 0 saturated carbocycles. The highest BCUT2D eigenvalue weighted by Crippen LogP contribution is 2.26. The standard InChI is InChI=1S/C15H24N2O4/c1-3-20-9-10-21-8-4-5-15(18)17-13-11-12(16)6-7-14(13)19-2/h6-7,11H,3-5,8-10,16H2,1-2H3,(H,17,18). The SMILES string of the molecule is CCOCCOCCCC(=O)Nc1cc(N)ccc1OC. The summed E-state index contributed by atoms with van der Waals surface area (Å²) >= 11 is 0. The molecule has 0 heterocycles. The van der Waals surface area contributed by atoms with Gasteiger partial charge in [0, 0.05) is 25.3 Å². The molecule has 6 nitrogen and oxygen atoms in total. The van der Waals surface area contributed by atoms with Crippen LogP contribution in [0.3, 0.4) is 0 Å². The van der Waals surface area contributed by atoms with Crippen molar-refractivity contribution in [3.63, 3.8) is 0 Å². The van der Waals surface area contributed by atoms with Crippen molar-refractivity contribution in [1.82, 2.24) is 0 Å². The average Bonchev–Trinajstić information content (AvgIpc) is 2.46. The second-order valence-corrected chi connectivity index (χ2v) is 4.42. The Hall–Kier alpha value is -1.79. The Bertz CT molecular complexity index is 438. The fourth-order valence-electron chi connectivity index (χ4n) is 1.74. The number of ether oxygens (including phenoxy) is 3. The van der Waals surface area contributed by atoms with E-state index in [-0.39, 0.29) is 5.91 Å². The maximum atomic E-state index is 11.8. The summed E-state index contributed by atoms with van der Waals surface area (Å²) < 4.78 is 15.7. The number of amides is 1. The van der Waals surface area contributed by atoms with Crippen molar-refractivity contribution in [2.45, 2.75) is 19.8 Å². The summed E-state index contributed by atoms with van der Waals surface area (Å²) in [6.07, 6.45) is 1.04. The highest BCUT2D eigenvalue weighted by molar-refractivity contribution is 5.92. The molecule has 0 fully saturated rings. The van der Waals surface area contributed by atoms with E-state index >= 15 is 0 Å². The van der Waals surface area contributed by atoms with Crippen LogP contribution in [-0.4, -0.2) is 39.4 Å². The summed E-state index contributed by atoms with van der Waals surface area (Å²) in [6.45, 7) is 4.30. The molecule has 0 radical (unpaired) electrons. The Balaban J connectivity index is 2.26. The largest absolute Gasteiger partial charge is 0.495 e. The Kier molecular flexibility index (Phi) is 8.23. The first-order valence-electron chi connectivity index (χ1n) is 7.06. The molecule has 1 aromatic carbocycles. The van der Waals surface area contributed by atoms with Crippen molar-refractivity contribution in [2.24, 2.45) is 0 Å². The van der Waals surface area contributed by atoms with Crippen LogP contribution in [0.2, 0.25) is 0 Å². The van der Waals surface area contributed by atoms with E-state index < -0.39 is 0 Å². The molecule has 0 spiro atoms. The smallest absolute Gasteiger partial charge is 0.224 e. The van der Waals surface area contributed by atoms with E-state index in [1.54, 1.807) is 25.3 Å². The number of anilines is 2. The molecular weight excluding hydrogens is 272 g/mol. The van der Waals surface area contributed by atoms with Crippen LogP contribution in [0.1, 0.15) is 19.8 Å². The molecule has 0 aliphatic rings. The number of nitrogens with one attached hydrogen (secondary N) is 1. The van der Waals surface area contributed by atoms with E-state index in [4.69, 9.17) is 19.9 Å². The third kappa shape index (κ3) is 6.97. The lowest BCUT2D eigenvalue weighted by Gasteiger charge is -2.11. The number of methoxy groups -OCH3 is 1. The van der Waals surface area contributed by atoms with E-state index in [0.717, 1.165) is 0 Å². The molecular formula is C15H24N2O4. The van der Waals surface area contributed by atoms with E-state index in [0.29, 0.717) is 56.4 Å². The van der Waals surface area contributed by atoms with Gasteiger partial charge in [0.05, 0.1) is 26.0 Å². The summed E-state index contributed by atoms with van der Waals surface area (Å²) in [5, 5.41) is 2.79. The first kappa shape index (κ1) is 17.3. The van der Waals surface area contributed by atoms with E-state index in [1.807, 2.05) is 6.92 Å². The fourth-order valence-corrected chi connectivity index (χ4v) is 1.74. The van der Waals surface area contributed by atoms with Crippen molar-refractivity contribution in [1.29, 1.82) is 0 Å². The van der Waals surface area contributed by atoms with Crippen LogP contribution in [0.15, 0.2) is 18.2 Å². The maximum absolute atomic E-state index is 11.8. The Labute approximate surface area is 125 Å². The quantitative estimate of drug-likeness (QED) is 0.510. The molecule has 0 saturated heterocycles. The van der Waals surface area contributed by atoms with Crippen molar-refractivity contribution in [2.75, 3.05) is 44.6 Å². The minimum atomic E-state index is -0.0905. The normalized spacial score (nSPS) is 10.4. The van der Waals surface area contributed by atoms with Gasteiger partial charge in [0.1, 0.15) is 5.75 Å². The Morgan fingerprint density at radius 2 is 2.00 bits per heavy atom. The molecule has 0 bridgehead atoms. The zero-order valence-corrected chi connectivity index (χ0v) is 12.7. The first-order valence-corrected chi connectivity index (χ1v) is 7.06. The van der Waals surface area contributed by atoms with Crippen LogP contribution in [0.5, 0.6) is 5.75 Å². The summed E-state index contributed by atoms with van der Waals surface area (Å²) in [6, 6.07) is 5.12. The summed E-state index contributed by atoms with van der Waals surface area (Å²) in [5.74, 6) is 0.498. The second-order valence-electron chi connectivity index (χ2n) is 4.42. The van der Waals surface area contributed by atoms with Gasteiger partial charge in [-0.25, -0.2) is 0 Å². The minimum Gasteiger partial charge on any atom is -0.495 e. The molecule has 3 N–H and O–H groups in total. The van der Waals surface area contributed by atoms with Crippen molar-refractivity contribution in [3.8, 4) is 5.75 Å². The molecule has 21 heavy (non-hydrogen) atoms. The molecule has 0 atom stereocenters. The molecule has 1 aromatic rings. The van der Waals surface area contributed by atoms with Crippen molar-refractivity contribution >= 4 is 17.3 Å². The zero-order chi connectivity index (χ0) is 15.5. The number of hydrogen-bond donors (Lipinski definition) is 2. The summed E-state index contributed by atoms with van der Waals surface area (Å²) in [7, 11) is 1.55. The molecule has 118 valence electrons. The summed E-state index contributed by atoms with van der Waals surface area (Å²) in [4.78, 5) is 11.8. The van der Waals surface area contributed by atoms with Gasteiger partial charge in [0.25, 0.3) is 0 Å². The van der Waals surface area contributed by atoms with Crippen molar-refractivity contribution < 1.29 is 19.0 Å². The Morgan fingerprint density at radius 3 is 2.71 bits per heavy atom.